The summed E-state index contributed by atoms with van der Waals surface area (Å²) in [6.07, 6.45) is 7.87. The molecular weight excluding hydrogens is 434 g/mol. The van der Waals surface area contributed by atoms with Crippen molar-refractivity contribution in [3.05, 3.63) is 102 Å². The number of pyridine rings is 2. The van der Waals surface area contributed by atoms with E-state index in [1.807, 2.05) is 48.7 Å². The van der Waals surface area contributed by atoms with Crippen molar-refractivity contribution in [3.63, 3.8) is 0 Å². The highest BCUT2D eigenvalue weighted by Gasteiger charge is 2.25. The molecule has 0 aliphatic heterocycles. The molecule has 0 saturated heterocycles. The van der Waals surface area contributed by atoms with Crippen LogP contribution in [0.1, 0.15) is 17.7 Å². The Balaban J connectivity index is 1.23. The summed E-state index contributed by atoms with van der Waals surface area (Å²) in [6, 6.07) is 20.2. The van der Waals surface area contributed by atoms with Crippen LogP contribution in [0.15, 0.2) is 79.3 Å². The first-order chi connectivity index (χ1) is 17.2. The van der Waals surface area contributed by atoms with Gasteiger partial charge in [0.05, 0.1) is 17.5 Å². The van der Waals surface area contributed by atoms with E-state index in [-0.39, 0.29) is 6.04 Å². The molecule has 1 aliphatic rings. The summed E-state index contributed by atoms with van der Waals surface area (Å²) >= 11 is 0. The van der Waals surface area contributed by atoms with Gasteiger partial charge in [0.1, 0.15) is 5.82 Å². The van der Waals surface area contributed by atoms with Crippen LogP contribution in [0.5, 0.6) is 0 Å². The minimum atomic E-state index is 0.0381. The van der Waals surface area contributed by atoms with Gasteiger partial charge in [-0.25, -0.2) is 11.6 Å². The molecule has 170 valence electrons. The monoisotopic (exact) mass is 457 g/mol. The van der Waals surface area contributed by atoms with Gasteiger partial charge in [0.15, 0.2) is 0 Å². The fourth-order valence-corrected chi connectivity index (χ4v) is 4.54. The summed E-state index contributed by atoms with van der Waals surface area (Å²) in [7, 11) is 0. The summed E-state index contributed by atoms with van der Waals surface area (Å²) in [5.41, 5.74) is 9.15. The molecule has 2 aromatic carbocycles. The second-order valence-corrected chi connectivity index (χ2v) is 8.69. The molecule has 0 radical (unpaired) electrons. The third kappa shape index (κ3) is 4.30. The number of aryl methyl sites for hydroxylation is 1. The maximum atomic E-state index is 7.42. The van der Waals surface area contributed by atoms with Gasteiger partial charge in [-0.15, -0.1) is 0 Å². The second-order valence-electron chi connectivity index (χ2n) is 8.69. The van der Waals surface area contributed by atoms with Crippen molar-refractivity contribution in [2.75, 3.05) is 10.6 Å². The van der Waals surface area contributed by atoms with Gasteiger partial charge >= 0.3 is 0 Å². The lowest BCUT2D eigenvalue weighted by molar-refractivity contribution is 0.629. The van der Waals surface area contributed by atoms with Crippen LogP contribution in [-0.2, 0) is 12.8 Å². The molecule has 3 aromatic heterocycles. The zero-order valence-electron chi connectivity index (χ0n) is 19.0. The Hall–Kier alpha value is -4.70. The molecule has 0 amide bonds. The van der Waals surface area contributed by atoms with Gasteiger partial charge in [-0.05, 0) is 67.1 Å². The predicted octanol–water partition coefficient (Wildman–Crippen LogP) is 6.28. The number of hydrogen-bond acceptors (Lipinski definition) is 5. The molecule has 0 spiro atoms. The number of rotatable bonds is 5. The van der Waals surface area contributed by atoms with Gasteiger partial charge in [-0.3, -0.25) is 9.97 Å². The fourth-order valence-electron chi connectivity index (χ4n) is 4.54. The number of benzene rings is 2. The lowest BCUT2D eigenvalue weighted by atomic mass is 9.91. The Morgan fingerprint density at radius 3 is 2.51 bits per heavy atom. The maximum Gasteiger partial charge on any atom is 0.228 e. The smallest absolute Gasteiger partial charge is 0.228 e. The topological polar surface area (TPSA) is 82.9 Å². The van der Waals surface area contributed by atoms with Crippen molar-refractivity contribution in [1.29, 1.82) is 0 Å². The Morgan fingerprint density at radius 2 is 1.69 bits per heavy atom. The lowest BCUT2D eigenvalue weighted by Crippen LogP contribution is -2.18. The Kier molecular flexibility index (Phi) is 5.32. The number of H-pyrrole nitrogens is 1. The molecule has 5 aromatic rings. The molecule has 1 aliphatic carbocycles. The molecule has 0 saturated carbocycles. The zero-order valence-corrected chi connectivity index (χ0v) is 19.0. The fraction of sp³-hybridized carbons (Fsp3) is 0.143. The molecule has 1 unspecified atom stereocenters. The molecule has 7 nitrogen and oxygen atoms in total. The first kappa shape index (κ1) is 20.9. The number of fused-ring (bicyclic) bond motifs is 2. The van der Waals surface area contributed by atoms with Gasteiger partial charge in [0.2, 0.25) is 6.04 Å². The number of nitrogens with zero attached hydrogens (tertiary/aromatic N) is 4. The number of imidazole rings is 1. The number of anilines is 4. The van der Waals surface area contributed by atoms with Crippen LogP contribution >= 0.6 is 0 Å². The van der Waals surface area contributed by atoms with E-state index >= 15 is 0 Å². The minimum Gasteiger partial charge on any atom is -0.355 e. The predicted molar refractivity (Wildman–Crippen MR) is 139 cm³/mol. The number of aromatic nitrogens is 4. The van der Waals surface area contributed by atoms with E-state index in [2.05, 4.69) is 48.6 Å². The summed E-state index contributed by atoms with van der Waals surface area (Å²) < 4.78 is 0. The van der Waals surface area contributed by atoms with Crippen LogP contribution in [0.25, 0.3) is 27.3 Å². The van der Waals surface area contributed by atoms with E-state index in [0.29, 0.717) is 0 Å². The van der Waals surface area contributed by atoms with Gasteiger partial charge in [-0.2, -0.15) is 0 Å². The zero-order chi connectivity index (χ0) is 23.6. The van der Waals surface area contributed by atoms with Crippen LogP contribution < -0.4 is 10.6 Å². The molecule has 35 heavy (non-hydrogen) atoms. The number of nitrogens with one attached hydrogen (secondary N) is 3. The summed E-state index contributed by atoms with van der Waals surface area (Å²) in [5, 5.41) is 6.91. The third-order valence-corrected chi connectivity index (χ3v) is 6.37. The van der Waals surface area contributed by atoms with E-state index in [1.165, 1.54) is 0 Å². The first-order valence-electron chi connectivity index (χ1n) is 11.6. The van der Waals surface area contributed by atoms with Crippen LogP contribution in [0, 0.1) is 6.57 Å². The normalized spacial score (nSPS) is 14.8. The van der Waals surface area contributed by atoms with Gasteiger partial charge in [0, 0.05) is 64.6 Å². The average Bonchev–Trinajstić information content (AvgIpc) is 3.33. The highest BCUT2D eigenvalue weighted by molar-refractivity contribution is 5.84. The largest absolute Gasteiger partial charge is 0.355 e. The highest BCUT2D eigenvalue weighted by Crippen LogP contribution is 2.31. The van der Waals surface area contributed by atoms with Crippen LogP contribution in [-0.4, -0.2) is 26.0 Å². The summed E-state index contributed by atoms with van der Waals surface area (Å²) in [5.74, 6) is 0.828. The number of hydrogen-bond donors (Lipinski definition) is 3. The molecule has 3 heterocycles. The quantitative estimate of drug-likeness (QED) is 0.270. The Bertz CT molecular complexity index is 1530. The van der Waals surface area contributed by atoms with Crippen LogP contribution in [0.2, 0.25) is 0 Å². The average molecular weight is 458 g/mol. The van der Waals surface area contributed by atoms with E-state index < -0.39 is 0 Å². The Labute approximate surface area is 203 Å². The highest BCUT2D eigenvalue weighted by atomic mass is 14.9. The van der Waals surface area contributed by atoms with E-state index in [0.717, 1.165) is 75.7 Å². The van der Waals surface area contributed by atoms with Crippen molar-refractivity contribution in [2.45, 2.75) is 25.3 Å². The molecule has 1 atom stereocenters. The maximum absolute atomic E-state index is 7.42. The van der Waals surface area contributed by atoms with Crippen LogP contribution in [0.4, 0.5) is 22.7 Å². The van der Waals surface area contributed by atoms with Crippen molar-refractivity contribution in [1.82, 2.24) is 19.9 Å². The van der Waals surface area contributed by atoms with E-state index in [9.17, 15) is 0 Å². The molecule has 6 rings (SSSR count). The van der Waals surface area contributed by atoms with Gasteiger partial charge < -0.3 is 20.5 Å². The van der Waals surface area contributed by atoms with E-state index in [1.54, 1.807) is 12.4 Å². The SMILES string of the molecule is [C-]#[N+]C1CCc2nccc(Nc3ccc4nc(-c5ccc(Nc6ccncc6)cc5)[nH]c4c3)c2C1. The summed E-state index contributed by atoms with van der Waals surface area (Å²) in [4.78, 5) is 20.6. The van der Waals surface area contributed by atoms with Crippen LogP contribution in [0.3, 0.4) is 0 Å². The van der Waals surface area contributed by atoms with Crippen molar-refractivity contribution < 1.29 is 0 Å². The minimum absolute atomic E-state index is 0.0381. The Morgan fingerprint density at radius 1 is 0.886 bits per heavy atom. The molecule has 7 heteroatoms. The molecule has 0 bridgehead atoms. The number of aromatic amines is 1. The summed E-state index contributed by atoms with van der Waals surface area (Å²) in [6.45, 7) is 7.42. The van der Waals surface area contributed by atoms with Crippen molar-refractivity contribution >= 4 is 33.8 Å². The molecule has 0 fully saturated rings. The van der Waals surface area contributed by atoms with Crippen molar-refractivity contribution in [3.8, 4) is 11.4 Å². The first-order valence-corrected chi connectivity index (χ1v) is 11.6. The standard InChI is InChI=1S/C28H23N7/c1-29-21-6-8-24-23(16-21)25(12-15-31-24)33-22-7-9-26-27(17-22)35-28(34-26)18-2-4-19(5-3-18)32-20-10-13-30-14-11-20/h2-5,7,9-15,17,21H,6,8,16H2,(H,30,32)(H,31,33)(H,34,35). The second kappa shape index (κ2) is 8.92. The molecular formula is C28H23N7. The molecule has 3 N–H and O–H groups in total. The third-order valence-electron chi connectivity index (χ3n) is 6.37. The van der Waals surface area contributed by atoms with Crippen molar-refractivity contribution in [2.24, 2.45) is 0 Å². The van der Waals surface area contributed by atoms with E-state index in [4.69, 9.17) is 11.6 Å². The lowest BCUT2D eigenvalue weighted by Gasteiger charge is -2.20. The van der Waals surface area contributed by atoms with Gasteiger partial charge in [-0.1, -0.05) is 0 Å². The van der Waals surface area contributed by atoms with Gasteiger partial charge in [0.25, 0.3) is 0 Å².